The van der Waals surface area contributed by atoms with Gasteiger partial charge in [-0.05, 0) is 67.8 Å². The van der Waals surface area contributed by atoms with Crippen LogP contribution < -0.4 is 5.32 Å². The normalized spacial score (nSPS) is 18.1. The van der Waals surface area contributed by atoms with Crippen LogP contribution in [0.4, 0.5) is 0 Å². The van der Waals surface area contributed by atoms with Crippen molar-refractivity contribution in [3.8, 4) is 0 Å². The molecule has 182 valence electrons. The molecule has 0 aliphatic carbocycles. The second-order valence-corrected chi connectivity index (χ2v) is 10.1. The number of rotatable bonds is 8. The molecule has 2 aliphatic rings. The first-order chi connectivity index (χ1) is 16.6. The van der Waals surface area contributed by atoms with E-state index in [9.17, 15) is 9.59 Å². The third-order valence-corrected chi connectivity index (χ3v) is 7.46. The summed E-state index contributed by atoms with van der Waals surface area (Å²) in [6.07, 6.45) is 5.40. The van der Waals surface area contributed by atoms with Gasteiger partial charge in [-0.15, -0.1) is 0 Å². The van der Waals surface area contributed by atoms with Gasteiger partial charge in [0, 0.05) is 38.5 Å². The van der Waals surface area contributed by atoms with Gasteiger partial charge in [0.1, 0.15) is 0 Å². The largest absolute Gasteiger partial charge is 0.352 e. The zero-order chi connectivity index (χ0) is 23.8. The Morgan fingerprint density at radius 2 is 1.47 bits per heavy atom. The second-order valence-electron chi connectivity index (χ2n) is 10.1. The third kappa shape index (κ3) is 7.17. The van der Waals surface area contributed by atoms with Crippen LogP contribution in [0.15, 0.2) is 54.6 Å². The Morgan fingerprint density at radius 3 is 2.15 bits per heavy atom. The minimum atomic E-state index is -0.000982. The Kier molecular flexibility index (Phi) is 8.75. The molecule has 2 amide bonds. The molecule has 5 heteroatoms. The van der Waals surface area contributed by atoms with Gasteiger partial charge in [-0.2, -0.15) is 0 Å². The summed E-state index contributed by atoms with van der Waals surface area (Å²) >= 11 is 0. The molecule has 0 radical (unpaired) electrons. The van der Waals surface area contributed by atoms with Gasteiger partial charge in [-0.3, -0.25) is 14.5 Å². The van der Waals surface area contributed by atoms with Gasteiger partial charge in [0.2, 0.25) is 11.8 Å². The number of hydrogen-bond donors (Lipinski definition) is 1. The lowest BCUT2D eigenvalue weighted by molar-refractivity contribution is -0.135. The van der Waals surface area contributed by atoms with E-state index in [0.29, 0.717) is 26.1 Å². The van der Waals surface area contributed by atoms with E-state index < -0.39 is 0 Å². The highest BCUT2D eigenvalue weighted by Gasteiger charge is 2.27. The molecule has 5 nitrogen and oxygen atoms in total. The first kappa shape index (κ1) is 24.5. The first-order valence-corrected chi connectivity index (χ1v) is 13.0. The number of carbonyl (C=O) groups is 2. The third-order valence-electron chi connectivity index (χ3n) is 7.46. The van der Waals surface area contributed by atoms with Crippen LogP contribution in [0.3, 0.4) is 0 Å². The van der Waals surface area contributed by atoms with Crippen molar-refractivity contribution in [3.63, 3.8) is 0 Å². The lowest BCUT2D eigenvalue weighted by Crippen LogP contribution is -2.43. The summed E-state index contributed by atoms with van der Waals surface area (Å²) in [6, 6.07) is 18.8. The quantitative estimate of drug-likeness (QED) is 0.634. The average molecular weight is 462 g/mol. The predicted molar refractivity (Wildman–Crippen MR) is 136 cm³/mol. The van der Waals surface area contributed by atoms with Gasteiger partial charge in [-0.25, -0.2) is 0 Å². The summed E-state index contributed by atoms with van der Waals surface area (Å²) in [7, 11) is 0. The molecular formula is C29H39N3O2. The topological polar surface area (TPSA) is 52.7 Å². The number of carbonyl (C=O) groups excluding carboxylic acids is 2. The molecule has 2 saturated heterocycles. The fourth-order valence-electron chi connectivity index (χ4n) is 5.02. The van der Waals surface area contributed by atoms with Gasteiger partial charge < -0.3 is 10.2 Å². The van der Waals surface area contributed by atoms with Crippen molar-refractivity contribution >= 4 is 11.8 Å². The van der Waals surface area contributed by atoms with Crippen molar-refractivity contribution in [3.05, 3.63) is 71.3 Å². The van der Waals surface area contributed by atoms with Gasteiger partial charge in [-0.1, -0.05) is 61.5 Å². The zero-order valence-corrected chi connectivity index (χ0v) is 20.5. The number of benzene rings is 2. The fourth-order valence-corrected chi connectivity index (χ4v) is 5.02. The Hall–Kier alpha value is -2.66. The highest BCUT2D eigenvalue weighted by molar-refractivity contribution is 5.80. The molecule has 0 unspecified atom stereocenters. The zero-order valence-electron chi connectivity index (χ0n) is 20.5. The SMILES string of the molecule is CC1CCN(Cc2ccc(CNC(=O)C3CCN(C(=O)CCc4ccccc4)CC3)cc2)CC1. The van der Waals surface area contributed by atoms with Crippen molar-refractivity contribution in [2.75, 3.05) is 26.2 Å². The molecule has 0 saturated carbocycles. The maximum Gasteiger partial charge on any atom is 0.223 e. The molecule has 2 heterocycles. The van der Waals surface area contributed by atoms with Gasteiger partial charge in [0.05, 0.1) is 0 Å². The van der Waals surface area contributed by atoms with Crippen LogP contribution in [-0.2, 0) is 29.1 Å². The van der Waals surface area contributed by atoms with Crippen LogP contribution >= 0.6 is 0 Å². The summed E-state index contributed by atoms with van der Waals surface area (Å²) in [5.41, 5.74) is 3.67. The number of piperidine rings is 2. The molecule has 2 fully saturated rings. The highest BCUT2D eigenvalue weighted by Crippen LogP contribution is 2.20. The van der Waals surface area contributed by atoms with E-state index in [1.807, 2.05) is 23.1 Å². The summed E-state index contributed by atoms with van der Waals surface area (Å²) in [5, 5.41) is 3.11. The van der Waals surface area contributed by atoms with Crippen LogP contribution in [0.2, 0.25) is 0 Å². The molecule has 34 heavy (non-hydrogen) atoms. The van der Waals surface area contributed by atoms with Crippen molar-refractivity contribution in [2.45, 2.75) is 58.5 Å². The van der Waals surface area contributed by atoms with Gasteiger partial charge in [0.15, 0.2) is 0 Å². The van der Waals surface area contributed by atoms with Crippen molar-refractivity contribution in [1.29, 1.82) is 0 Å². The Labute approximate surface area is 204 Å². The minimum absolute atomic E-state index is 0.000982. The van der Waals surface area contributed by atoms with E-state index in [1.165, 1.54) is 37.1 Å². The number of nitrogens with zero attached hydrogens (tertiary/aromatic N) is 2. The van der Waals surface area contributed by atoms with E-state index >= 15 is 0 Å². The number of hydrogen-bond acceptors (Lipinski definition) is 3. The van der Waals surface area contributed by atoms with E-state index in [0.717, 1.165) is 37.3 Å². The molecule has 2 aromatic carbocycles. The van der Waals surface area contributed by atoms with Crippen LogP contribution in [0, 0.1) is 11.8 Å². The number of aryl methyl sites for hydroxylation is 1. The Morgan fingerprint density at radius 1 is 0.824 bits per heavy atom. The molecule has 2 aromatic rings. The molecule has 1 N–H and O–H groups in total. The average Bonchev–Trinajstić information content (AvgIpc) is 2.89. The smallest absolute Gasteiger partial charge is 0.223 e. The molecule has 0 atom stereocenters. The number of amides is 2. The minimum Gasteiger partial charge on any atom is -0.352 e. The van der Waals surface area contributed by atoms with E-state index in [2.05, 4.69) is 53.5 Å². The predicted octanol–water partition coefficient (Wildman–Crippen LogP) is 4.41. The van der Waals surface area contributed by atoms with Crippen LogP contribution in [0.1, 0.15) is 55.7 Å². The Bertz CT molecular complexity index is 912. The fraction of sp³-hybridized carbons (Fsp3) is 0.517. The summed E-state index contributed by atoms with van der Waals surface area (Å²) in [4.78, 5) is 29.7. The van der Waals surface area contributed by atoms with Gasteiger partial charge in [0.25, 0.3) is 0 Å². The van der Waals surface area contributed by atoms with Crippen molar-refractivity contribution in [1.82, 2.24) is 15.1 Å². The molecule has 2 aliphatic heterocycles. The standard InChI is InChI=1S/C29H39N3O2/c1-23-13-17-31(18-14-23)22-26-9-7-25(8-10-26)21-30-29(34)27-15-19-32(20-16-27)28(33)12-11-24-5-3-2-4-6-24/h2-10,23,27H,11-22H2,1H3,(H,30,34). The molecule has 0 bridgehead atoms. The maximum absolute atomic E-state index is 12.7. The monoisotopic (exact) mass is 461 g/mol. The lowest BCUT2D eigenvalue weighted by atomic mass is 9.95. The van der Waals surface area contributed by atoms with Gasteiger partial charge >= 0.3 is 0 Å². The highest BCUT2D eigenvalue weighted by atomic mass is 16.2. The maximum atomic E-state index is 12.7. The van der Waals surface area contributed by atoms with E-state index in [-0.39, 0.29) is 17.7 Å². The van der Waals surface area contributed by atoms with Crippen LogP contribution in [-0.4, -0.2) is 47.8 Å². The number of likely N-dealkylation sites (tertiary alicyclic amines) is 2. The molecular weight excluding hydrogens is 422 g/mol. The first-order valence-electron chi connectivity index (χ1n) is 13.0. The second kappa shape index (κ2) is 12.2. The molecule has 0 spiro atoms. The van der Waals surface area contributed by atoms with E-state index in [1.54, 1.807) is 0 Å². The Balaban J connectivity index is 1.15. The number of nitrogens with one attached hydrogen (secondary N) is 1. The van der Waals surface area contributed by atoms with Crippen LogP contribution in [0.5, 0.6) is 0 Å². The van der Waals surface area contributed by atoms with Crippen molar-refractivity contribution in [2.24, 2.45) is 11.8 Å². The molecule has 4 rings (SSSR count). The lowest BCUT2D eigenvalue weighted by Gasteiger charge is -2.31. The summed E-state index contributed by atoms with van der Waals surface area (Å²) < 4.78 is 0. The van der Waals surface area contributed by atoms with Crippen LogP contribution in [0.25, 0.3) is 0 Å². The molecule has 0 aromatic heterocycles. The summed E-state index contributed by atoms with van der Waals surface area (Å²) in [6.45, 7) is 7.66. The van der Waals surface area contributed by atoms with E-state index in [4.69, 9.17) is 0 Å². The van der Waals surface area contributed by atoms with Crippen molar-refractivity contribution < 1.29 is 9.59 Å². The summed E-state index contributed by atoms with van der Waals surface area (Å²) in [5.74, 6) is 1.17.